The molecular weight excluding hydrogens is 547 g/mol. The number of hydrogen-bond donors (Lipinski definition) is 1. The number of alkyl halides is 3. The van der Waals surface area contributed by atoms with Crippen molar-refractivity contribution in [3.63, 3.8) is 0 Å². The van der Waals surface area contributed by atoms with Gasteiger partial charge in [0.05, 0.1) is 4.92 Å². The number of likely N-dealkylation sites (tertiary alicyclic amines) is 2. The highest BCUT2D eigenvalue weighted by Crippen LogP contribution is 2.38. The van der Waals surface area contributed by atoms with Crippen molar-refractivity contribution < 1.29 is 22.9 Å². The number of hydrogen-bond acceptors (Lipinski definition) is 6. The van der Waals surface area contributed by atoms with E-state index in [4.69, 9.17) is 11.6 Å². The number of nitro benzene ring substituents is 1. The molecule has 0 radical (unpaired) electrons. The minimum absolute atomic E-state index is 0.108. The number of amides is 1. The molecule has 0 bridgehead atoms. The number of halogens is 4. The van der Waals surface area contributed by atoms with Gasteiger partial charge in [-0.25, -0.2) is 0 Å². The van der Waals surface area contributed by atoms with Crippen molar-refractivity contribution in [3.05, 3.63) is 63.2 Å². The summed E-state index contributed by atoms with van der Waals surface area (Å²) in [4.78, 5) is 29.5. The highest BCUT2D eigenvalue weighted by Gasteiger charge is 2.40. The Bertz CT molecular complexity index is 1210. The van der Waals surface area contributed by atoms with Crippen LogP contribution in [0.25, 0.3) is 0 Å². The SMILES string of the molecule is O=C(CCCN1CC2CN(c3ccc(Cl)cc3)C[C@@H]2C1)N1CCC(Nc2ccc([N+](=O)[O-])c(C(F)(F)F)c2)CC1. The predicted molar refractivity (Wildman–Crippen MR) is 148 cm³/mol. The minimum atomic E-state index is -4.82. The first-order valence-electron chi connectivity index (χ1n) is 13.7. The summed E-state index contributed by atoms with van der Waals surface area (Å²) in [6.07, 6.45) is -2.33. The maximum Gasteiger partial charge on any atom is 0.423 e. The summed E-state index contributed by atoms with van der Waals surface area (Å²) in [5.41, 5.74) is -0.825. The normalized spacial score (nSPS) is 22.0. The van der Waals surface area contributed by atoms with Gasteiger partial charge in [-0.1, -0.05) is 11.6 Å². The van der Waals surface area contributed by atoms with E-state index in [1.165, 1.54) is 11.8 Å². The van der Waals surface area contributed by atoms with E-state index in [1.54, 1.807) is 0 Å². The lowest BCUT2D eigenvalue weighted by Crippen LogP contribution is -2.42. The molecular formula is C28H33ClF3N5O3. The average molecular weight is 580 g/mol. The molecule has 3 heterocycles. The summed E-state index contributed by atoms with van der Waals surface area (Å²) < 4.78 is 39.8. The van der Waals surface area contributed by atoms with Crippen molar-refractivity contribution >= 4 is 34.6 Å². The number of nitrogens with one attached hydrogen (secondary N) is 1. The number of carbonyl (C=O) groups excluding carboxylic acids is 1. The smallest absolute Gasteiger partial charge is 0.382 e. The van der Waals surface area contributed by atoms with E-state index >= 15 is 0 Å². The van der Waals surface area contributed by atoms with Crippen molar-refractivity contribution in [2.45, 2.75) is 37.9 Å². The van der Waals surface area contributed by atoms with Crippen LogP contribution < -0.4 is 10.2 Å². The predicted octanol–water partition coefficient (Wildman–Crippen LogP) is 5.52. The van der Waals surface area contributed by atoms with Crippen LogP contribution in [-0.2, 0) is 11.0 Å². The number of fused-ring (bicyclic) bond motifs is 1. The molecule has 0 spiro atoms. The highest BCUT2D eigenvalue weighted by molar-refractivity contribution is 6.30. The molecule has 12 heteroatoms. The molecule has 8 nitrogen and oxygen atoms in total. The van der Waals surface area contributed by atoms with Gasteiger partial charge in [0.25, 0.3) is 5.69 Å². The van der Waals surface area contributed by atoms with Crippen molar-refractivity contribution in [1.82, 2.24) is 9.80 Å². The van der Waals surface area contributed by atoms with Crippen molar-refractivity contribution in [1.29, 1.82) is 0 Å². The van der Waals surface area contributed by atoms with Crippen LogP contribution in [0.1, 0.15) is 31.2 Å². The summed E-state index contributed by atoms with van der Waals surface area (Å²) in [5, 5.41) is 14.8. The largest absolute Gasteiger partial charge is 0.423 e. The number of piperidine rings is 1. The number of rotatable bonds is 8. The summed E-state index contributed by atoms with van der Waals surface area (Å²) >= 11 is 6.02. The van der Waals surface area contributed by atoms with Gasteiger partial charge in [0.2, 0.25) is 5.91 Å². The van der Waals surface area contributed by atoms with Gasteiger partial charge in [-0.15, -0.1) is 0 Å². The second kappa shape index (κ2) is 11.8. The van der Waals surface area contributed by atoms with Gasteiger partial charge in [-0.05, 0) is 74.0 Å². The Labute approximate surface area is 236 Å². The lowest BCUT2D eigenvalue weighted by molar-refractivity contribution is -0.388. The molecule has 0 saturated carbocycles. The fourth-order valence-corrected chi connectivity index (χ4v) is 6.39. The molecule has 2 aromatic carbocycles. The summed E-state index contributed by atoms with van der Waals surface area (Å²) in [5.74, 6) is 1.39. The molecule has 3 aliphatic heterocycles. The number of carbonyl (C=O) groups is 1. The van der Waals surface area contributed by atoms with Crippen LogP contribution in [-0.4, -0.2) is 72.5 Å². The number of nitro groups is 1. The van der Waals surface area contributed by atoms with Gasteiger partial charge in [0.1, 0.15) is 5.56 Å². The van der Waals surface area contributed by atoms with Gasteiger partial charge in [0, 0.05) is 74.2 Å². The monoisotopic (exact) mass is 579 g/mol. The van der Waals surface area contributed by atoms with Crippen LogP contribution in [0.4, 0.5) is 30.2 Å². The van der Waals surface area contributed by atoms with Crippen LogP contribution in [0.3, 0.4) is 0 Å². The molecule has 1 N–H and O–H groups in total. The lowest BCUT2D eigenvalue weighted by Gasteiger charge is -2.33. The maximum absolute atomic E-state index is 13.3. The Kier molecular flexibility index (Phi) is 8.42. The van der Waals surface area contributed by atoms with E-state index in [1.807, 2.05) is 17.0 Å². The van der Waals surface area contributed by atoms with E-state index < -0.39 is 22.4 Å². The number of anilines is 2. The van der Waals surface area contributed by atoms with Crippen LogP contribution in [0.2, 0.25) is 5.02 Å². The highest BCUT2D eigenvalue weighted by atomic mass is 35.5. The molecule has 0 aliphatic carbocycles. The van der Waals surface area contributed by atoms with E-state index in [-0.39, 0.29) is 17.6 Å². The van der Waals surface area contributed by atoms with Gasteiger partial charge in [-0.2, -0.15) is 13.2 Å². The maximum atomic E-state index is 13.3. The molecule has 0 aromatic heterocycles. The second-order valence-electron chi connectivity index (χ2n) is 11.1. The van der Waals surface area contributed by atoms with Gasteiger partial charge >= 0.3 is 6.18 Å². The topological polar surface area (TPSA) is 82.0 Å². The Morgan fingerprint density at radius 3 is 2.27 bits per heavy atom. The standard InChI is InChI=1S/C28H33ClF3N5O3/c29-21-3-6-24(7-4-21)36-17-19-15-34(16-20(19)18-36)11-1-2-27(38)35-12-9-22(10-13-35)33-23-5-8-26(37(39)40)25(14-23)28(30,31)32/h3-8,14,19-20,22,33H,1-2,9-13,15-18H2/t19-,20?/m0/s1. The molecule has 3 aliphatic rings. The molecule has 3 saturated heterocycles. The first-order valence-corrected chi connectivity index (χ1v) is 14.1. The third-order valence-corrected chi connectivity index (χ3v) is 8.59. The number of nitrogens with zero attached hydrogens (tertiary/aromatic N) is 4. The molecule has 5 rings (SSSR count). The molecule has 2 aromatic rings. The molecule has 216 valence electrons. The average Bonchev–Trinajstić information content (AvgIpc) is 3.48. The minimum Gasteiger partial charge on any atom is -0.382 e. The molecule has 1 amide bonds. The lowest BCUT2D eigenvalue weighted by atomic mass is 10.0. The fraction of sp³-hybridized carbons (Fsp3) is 0.536. The van der Waals surface area contributed by atoms with E-state index in [0.29, 0.717) is 44.2 Å². The third kappa shape index (κ3) is 6.63. The van der Waals surface area contributed by atoms with Gasteiger partial charge < -0.3 is 20.0 Å². The van der Waals surface area contributed by atoms with Crippen LogP contribution in [0.5, 0.6) is 0 Å². The quantitative estimate of drug-likeness (QED) is 0.328. The van der Waals surface area contributed by atoms with Crippen molar-refractivity contribution in [2.75, 3.05) is 56.0 Å². The Morgan fingerprint density at radius 1 is 1.02 bits per heavy atom. The first kappa shape index (κ1) is 28.5. The Hall–Kier alpha value is -3.05. The first-order chi connectivity index (χ1) is 19.1. The van der Waals surface area contributed by atoms with E-state index in [2.05, 4.69) is 27.2 Å². The van der Waals surface area contributed by atoms with E-state index in [0.717, 1.165) is 56.3 Å². The van der Waals surface area contributed by atoms with Crippen molar-refractivity contribution in [3.8, 4) is 0 Å². The van der Waals surface area contributed by atoms with Crippen LogP contribution >= 0.6 is 11.6 Å². The zero-order valence-electron chi connectivity index (χ0n) is 22.1. The zero-order chi connectivity index (χ0) is 28.4. The molecule has 3 fully saturated rings. The van der Waals surface area contributed by atoms with Crippen LogP contribution in [0, 0.1) is 22.0 Å². The molecule has 1 unspecified atom stereocenters. The fourth-order valence-electron chi connectivity index (χ4n) is 6.27. The molecule has 40 heavy (non-hydrogen) atoms. The zero-order valence-corrected chi connectivity index (χ0v) is 22.8. The summed E-state index contributed by atoms with van der Waals surface area (Å²) in [6.45, 7) is 6.16. The van der Waals surface area contributed by atoms with Gasteiger partial charge in [0.15, 0.2) is 0 Å². The van der Waals surface area contributed by atoms with Crippen molar-refractivity contribution in [2.24, 2.45) is 11.8 Å². The summed E-state index contributed by atoms with van der Waals surface area (Å²) in [6, 6.07) is 10.9. The Morgan fingerprint density at radius 2 is 1.68 bits per heavy atom. The third-order valence-electron chi connectivity index (χ3n) is 8.34. The summed E-state index contributed by atoms with van der Waals surface area (Å²) in [7, 11) is 0. The van der Waals surface area contributed by atoms with Gasteiger partial charge in [-0.3, -0.25) is 14.9 Å². The second-order valence-corrected chi connectivity index (χ2v) is 11.5. The van der Waals surface area contributed by atoms with Crippen LogP contribution in [0.15, 0.2) is 42.5 Å². The Balaban J connectivity index is 1.02. The number of benzene rings is 2. The molecule has 2 atom stereocenters. The van der Waals surface area contributed by atoms with E-state index in [9.17, 15) is 28.1 Å².